The number of aliphatic hydroxyl groups excluding tert-OH is 5. The number of aliphatic hydroxyl groups is 5. The van der Waals surface area contributed by atoms with Crippen molar-refractivity contribution in [2.45, 2.75) is 275 Å². The highest BCUT2D eigenvalue weighted by Crippen LogP contribution is 2.23. The smallest absolute Gasteiger partial charge is 0.220 e. The number of hydrogen-bond acceptors (Lipinski definition) is 8. The van der Waals surface area contributed by atoms with Crippen LogP contribution >= 0.6 is 0 Å². The minimum absolute atomic E-state index is 0.196. The lowest BCUT2D eigenvalue weighted by Gasteiger charge is -2.40. The fourth-order valence-corrected chi connectivity index (χ4v) is 8.89. The maximum absolute atomic E-state index is 13.1. The SMILES string of the molecule is CC/C=C\C/C=C\C/C=C\C/C=C\C/C=C\C/C=C\C/C=C\C/C=C\C/C=C\C/C=C\CCCCCCCCC(=O)NC(COC1OC(CO)C(O)C(O)C1O)C(O)/C=C/CCCCCCCCCCCCCCCCC. The van der Waals surface area contributed by atoms with E-state index in [1.165, 1.54) is 83.5 Å². The summed E-state index contributed by atoms with van der Waals surface area (Å²) in [5.74, 6) is -0.196. The van der Waals surface area contributed by atoms with Crippen molar-refractivity contribution in [1.82, 2.24) is 5.32 Å². The van der Waals surface area contributed by atoms with Gasteiger partial charge in [-0.15, -0.1) is 0 Å². The first-order chi connectivity index (χ1) is 37.8. The van der Waals surface area contributed by atoms with Gasteiger partial charge in [0, 0.05) is 6.42 Å². The number of nitrogens with one attached hydrogen (secondary N) is 1. The van der Waals surface area contributed by atoms with Gasteiger partial charge in [-0.25, -0.2) is 0 Å². The first-order valence-electron chi connectivity index (χ1n) is 30.9. The predicted octanol–water partition coefficient (Wildman–Crippen LogP) is 16.1. The quantitative estimate of drug-likeness (QED) is 0.0261. The van der Waals surface area contributed by atoms with Crippen LogP contribution in [-0.4, -0.2) is 87.5 Å². The zero-order chi connectivity index (χ0) is 55.8. The van der Waals surface area contributed by atoms with E-state index in [1.807, 2.05) is 6.08 Å². The zero-order valence-corrected chi connectivity index (χ0v) is 48.7. The van der Waals surface area contributed by atoms with E-state index >= 15 is 0 Å². The standard InChI is InChI=1S/C68H113NO8/c1-3-5-7-9-11-13-15-17-19-21-22-23-24-25-26-27-28-29-30-31-32-33-34-35-36-37-38-39-40-42-44-46-48-50-52-54-56-58-64(72)69-61(60-76-68-67(75)66(74)65(73)63(59-70)77-68)62(71)57-55-53-51-49-47-45-43-41-20-18-16-14-12-10-8-6-4-2/h5,7,11,13,17,19,22-23,25-26,28-29,31-32,34-35,37-38,40,42,55,57,61-63,65-68,70-71,73-75H,3-4,6,8-10,12,14-16,18,20-21,24,27,30,33,36,39,41,43-54,56,58-60H2,1-2H3,(H,69,72)/b7-5-,13-11-,19-17-,23-22-,26-25-,29-28-,32-31-,35-34-,38-37-,42-40-,57-55+. The van der Waals surface area contributed by atoms with Gasteiger partial charge in [0.1, 0.15) is 24.4 Å². The Kier molecular flexibility index (Phi) is 51.5. The second-order valence-electron chi connectivity index (χ2n) is 20.8. The molecule has 1 aliphatic heterocycles. The van der Waals surface area contributed by atoms with Gasteiger partial charge >= 0.3 is 0 Å². The summed E-state index contributed by atoms with van der Waals surface area (Å²) in [7, 11) is 0. The Bertz CT molecular complexity index is 1670. The van der Waals surface area contributed by atoms with Gasteiger partial charge in [0.05, 0.1) is 25.4 Å². The minimum atomic E-state index is -1.58. The number of carbonyl (C=O) groups is 1. The fourth-order valence-electron chi connectivity index (χ4n) is 8.89. The third-order valence-corrected chi connectivity index (χ3v) is 13.7. The summed E-state index contributed by atoms with van der Waals surface area (Å²) >= 11 is 0. The molecule has 0 saturated carbocycles. The van der Waals surface area contributed by atoms with Gasteiger partial charge in [-0.3, -0.25) is 4.79 Å². The fraction of sp³-hybridized carbons (Fsp3) is 0.662. The topological polar surface area (TPSA) is 149 Å². The zero-order valence-electron chi connectivity index (χ0n) is 48.7. The molecule has 6 N–H and O–H groups in total. The Hall–Kier alpha value is -3.67. The van der Waals surface area contributed by atoms with Gasteiger partial charge in [0.2, 0.25) is 5.91 Å². The summed E-state index contributed by atoms with van der Waals surface area (Å²) < 4.78 is 11.3. The molecule has 9 heteroatoms. The van der Waals surface area contributed by atoms with Crippen molar-refractivity contribution in [3.63, 3.8) is 0 Å². The summed E-state index contributed by atoms with van der Waals surface area (Å²) in [5, 5.41) is 54.5. The van der Waals surface area contributed by atoms with Crippen LogP contribution in [0.4, 0.5) is 0 Å². The van der Waals surface area contributed by atoms with Crippen molar-refractivity contribution < 1.29 is 39.8 Å². The van der Waals surface area contributed by atoms with Gasteiger partial charge < -0.3 is 40.3 Å². The molecule has 7 unspecified atom stereocenters. The van der Waals surface area contributed by atoms with E-state index in [9.17, 15) is 30.3 Å². The third kappa shape index (κ3) is 44.8. The molecule has 7 atom stereocenters. The number of allylic oxidation sites excluding steroid dienone is 21. The molecule has 0 aromatic carbocycles. The van der Waals surface area contributed by atoms with Gasteiger partial charge in [-0.2, -0.15) is 0 Å². The Morgan fingerprint density at radius 1 is 0.455 bits per heavy atom. The minimum Gasteiger partial charge on any atom is -0.394 e. The van der Waals surface area contributed by atoms with Crippen LogP contribution in [0.25, 0.3) is 0 Å². The van der Waals surface area contributed by atoms with Crippen molar-refractivity contribution in [1.29, 1.82) is 0 Å². The summed E-state index contributed by atoms with van der Waals surface area (Å²) in [6, 6.07) is -0.823. The van der Waals surface area contributed by atoms with Crippen LogP contribution in [0.2, 0.25) is 0 Å². The second-order valence-corrected chi connectivity index (χ2v) is 20.8. The molecule has 1 rings (SSSR count). The van der Waals surface area contributed by atoms with Crippen molar-refractivity contribution >= 4 is 5.91 Å². The molecule has 1 heterocycles. The van der Waals surface area contributed by atoms with Gasteiger partial charge in [0.15, 0.2) is 6.29 Å². The highest BCUT2D eigenvalue weighted by molar-refractivity contribution is 5.76. The van der Waals surface area contributed by atoms with Crippen molar-refractivity contribution in [2.75, 3.05) is 13.2 Å². The van der Waals surface area contributed by atoms with Crippen LogP contribution in [0.15, 0.2) is 134 Å². The second kappa shape index (κ2) is 55.6. The molecule has 1 saturated heterocycles. The van der Waals surface area contributed by atoms with Crippen LogP contribution in [0.3, 0.4) is 0 Å². The van der Waals surface area contributed by atoms with Crippen LogP contribution in [-0.2, 0) is 14.3 Å². The molecule has 0 aromatic rings. The molecule has 0 aromatic heterocycles. The maximum Gasteiger partial charge on any atom is 0.220 e. The number of hydrogen-bond donors (Lipinski definition) is 6. The average molecular weight is 1070 g/mol. The van der Waals surface area contributed by atoms with E-state index in [4.69, 9.17) is 9.47 Å². The summed E-state index contributed by atoms with van der Waals surface area (Å²) in [6.45, 7) is 3.65. The van der Waals surface area contributed by atoms with E-state index in [2.05, 4.69) is 141 Å². The van der Waals surface area contributed by atoms with Gasteiger partial charge in [0.25, 0.3) is 0 Å². The lowest BCUT2D eigenvalue weighted by molar-refractivity contribution is -0.302. The Balaban J connectivity index is 2.21. The van der Waals surface area contributed by atoms with Crippen LogP contribution in [0.5, 0.6) is 0 Å². The van der Waals surface area contributed by atoms with Crippen LogP contribution in [0, 0.1) is 0 Å². The van der Waals surface area contributed by atoms with Crippen molar-refractivity contribution in [3.8, 4) is 0 Å². The maximum atomic E-state index is 13.1. The Morgan fingerprint density at radius 2 is 0.805 bits per heavy atom. The highest BCUT2D eigenvalue weighted by atomic mass is 16.7. The lowest BCUT2D eigenvalue weighted by atomic mass is 9.99. The molecule has 438 valence electrons. The summed E-state index contributed by atoms with van der Waals surface area (Å²) in [4.78, 5) is 13.1. The molecule has 1 aliphatic rings. The molecule has 77 heavy (non-hydrogen) atoms. The van der Waals surface area contributed by atoms with E-state index in [0.717, 1.165) is 128 Å². The van der Waals surface area contributed by atoms with E-state index in [-0.39, 0.29) is 12.5 Å². The average Bonchev–Trinajstić information content (AvgIpc) is 3.43. The predicted molar refractivity (Wildman–Crippen MR) is 327 cm³/mol. The molecule has 0 aliphatic carbocycles. The first kappa shape index (κ1) is 71.3. The molecule has 0 radical (unpaired) electrons. The highest BCUT2D eigenvalue weighted by Gasteiger charge is 2.44. The molecule has 1 fully saturated rings. The Morgan fingerprint density at radius 3 is 1.19 bits per heavy atom. The third-order valence-electron chi connectivity index (χ3n) is 13.7. The monoisotopic (exact) mass is 1070 g/mol. The molecule has 0 spiro atoms. The van der Waals surface area contributed by atoms with Crippen LogP contribution < -0.4 is 5.32 Å². The number of unbranched alkanes of at least 4 members (excludes halogenated alkanes) is 21. The van der Waals surface area contributed by atoms with Gasteiger partial charge in [-0.05, 0) is 96.3 Å². The molecular weight excluding hydrogens is 959 g/mol. The lowest BCUT2D eigenvalue weighted by Crippen LogP contribution is -2.60. The molecule has 9 nitrogen and oxygen atoms in total. The number of carbonyl (C=O) groups excluding carboxylic acids is 1. The van der Waals surface area contributed by atoms with E-state index in [0.29, 0.717) is 6.42 Å². The van der Waals surface area contributed by atoms with Crippen molar-refractivity contribution in [2.24, 2.45) is 0 Å². The number of amides is 1. The molecule has 1 amide bonds. The van der Waals surface area contributed by atoms with Crippen LogP contribution in [0.1, 0.15) is 232 Å². The number of ether oxygens (including phenoxy) is 2. The van der Waals surface area contributed by atoms with Crippen molar-refractivity contribution in [3.05, 3.63) is 134 Å². The largest absolute Gasteiger partial charge is 0.394 e. The molecular formula is C68H113NO8. The Labute approximate surface area is 471 Å². The van der Waals surface area contributed by atoms with E-state index < -0.39 is 49.5 Å². The molecule has 0 bridgehead atoms. The van der Waals surface area contributed by atoms with E-state index in [1.54, 1.807) is 6.08 Å². The van der Waals surface area contributed by atoms with Gasteiger partial charge in [-0.1, -0.05) is 263 Å². The summed E-state index contributed by atoms with van der Waals surface area (Å²) in [5.41, 5.74) is 0. The summed E-state index contributed by atoms with van der Waals surface area (Å²) in [6.07, 6.45) is 78.0. The number of rotatable bonds is 51. The normalized spacial score (nSPS) is 19.7. The first-order valence-corrected chi connectivity index (χ1v) is 30.9.